The molecule has 0 bridgehead atoms. The zero-order chi connectivity index (χ0) is 21.0. The molecular weight excluding hydrogens is 389 g/mol. The van der Waals surface area contributed by atoms with Crippen LogP contribution in [-0.4, -0.2) is 36.7 Å². The Morgan fingerprint density at radius 3 is 2.66 bits per heavy atom. The van der Waals surface area contributed by atoms with Gasteiger partial charge < -0.3 is 18.9 Å². The van der Waals surface area contributed by atoms with E-state index in [9.17, 15) is 18.0 Å². The monoisotopic (exact) mass is 406 g/mol. The standard InChI is InChI=1S/C20H17F3N2O4/c1-25(11-12-6-7-16(28-20(22)23)17(8-12)27-2)19(26)18-10-15(24-29-18)13-4-3-5-14(21)9-13/h3-10,20H,11H2,1-2H3. The van der Waals surface area contributed by atoms with Crippen molar-refractivity contribution >= 4 is 5.91 Å². The van der Waals surface area contributed by atoms with E-state index in [-0.39, 0.29) is 23.8 Å². The van der Waals surface area contributed by atoms with Crippen LogP contribution in [0.15, 0.2) is 53.1 Å². The fourth-order valence-electron chi connectivity index (χ4n) is 2.70. The average Bonchev–Trinajstić information content (AvgIpc) is 3.18. The molecule has 0 aliphatic carbocycles. The SMILES string of the molecule is COc1cc(CN(C)C(=O)c2cc(-c3cccc(F)c3)no2)ccc1OC(F)F. The van der Waals surface area contributed by atoms with Gasteiger partial charge in [0.2, 0.25) is 5.76 Å². The molecule has 0 radical (unpaired) electrons. The van der Waals surface area contributed by atoms with Crippen LogP contribution in [0.1, 0.15) is 16.1 Å². The Bertz CT molecular complexity index is 1010. The van der Waals surface area contributed by atoms with Crippen LogP contribution in [0, 0.1) is 5.82 Å². The molecule has 3 rings (SSSR count). The number of aromatic nitrogens is 1. The predicted octanol–water partition coefficient (Wildman–Crippen LogP) is 4.36. The molecule has 0 aliphatic rings. The van der Waals surface area contributed by atoms with Gasteiger partial charge in [-0.25, -0.2) is 4.39 Å². The number of rotatable bonds is 7. The van der Waals surface area contributed by atoms with E-state index in [1.807, 2.05) is 0 Å². The van der Waals surface area contributed by atoms with E-state index in [4.69, 9.17) is 9.26 Å². The number of halogens is 3. The molecule has 0 saturated heterocycles. The maximum atomic E-state index is 13.4. The molecule has 2 aromatic carbocycles. The Hall–Kier alpha value is -3.49. The molecule has 152 valence electrons. The van der Waals surface area contributed by atoms with Gasteiger partial charge in [-0.2, -0.15) is 8.78 Å². The second kappa shape index (κ2) is 8.68. The summed E-state index contributed by atoms with van der Waals surface area (Å²) in [5.41, 5.74) is 1.44. The Labute approximate surface area is 164 Å². The lowest BCUT2D eigenvalue weighted by Crippen LogP contribution is -2.25. The second-order valence-electron chi connectivity index (χ2n) is 6.11. The van der Waals surface area contributed by atoms with Gasteiger partial charge in [-0.15, -0.1) is 0 Å². The molecule has 0 aliphatic heterocycles. The highest BCUT2D eigenvalue weighted by Gasteiger charge is 2.19. The van der Waals surface area contributed by atoms with Gasteiger partial charge in [-0.05, 0) is 29.8 Å². The number of methoxy groups -OCH3 is 1. The first kappa shape index (κ1) is 20.2. The van der Waals surface area contributed by atoms with Crippen LogP contribution < -0.4 is 9.47 Å². The molecule has 0 atom stereocenters. The topological polar surface area (TPSA) is 64.8 Å². The van der Waals surface area contributed by atoms with Crippen LogP contribution in [-0.2, 0) is 6.54 Å². The number of amides is 1. The van der Waals surface area contributed by atoms with Crippen molar-refractivity contribution in [3.05, 3.63) is 65.7 Å². The van der Waals surface area contributed by atoms with E-state index >= 15 is 0 Å². The molecule has 6 nitrogen and oxygen atoms in total. The normalized spacial score (nSPS) is 10.8. The summed E-state index contributed by atoms with van der Waals surface area (Å²) in [6.07, 6.45) is 0. The second-order valence-corrected chi connectivity index (χ2v) is 6.11. The summed E-state index contributed by atoms with van der Waals surface area (Å²) in [6, 6.07) is 11.6. The van der Waals surface area contributed by atoms with Crippen LogP contribution in [0.25, 0.3) is 11.3 Å². The molecule has 0 fully saturated rings. The number of nitrogens with zero attached hydrogens (tertiary/aromatic N) is 2. The van der Waals surface area contributed by atoms with E-state index in [1.165, 1.54) is 48.4 Å². The number of ether oxygens (including phenoxy) is 2. The van der Waals surface area contributed by atoms with Crippen molar-refractivity contribution in [2.24, 2.45) is 0 Å². The fraction of sp³-hybridized carbons (Fsp3) is 0.200. The summed E-state index contributed by atoms with van der Waals surface area (Å²) in [5.74, 6) is -0.876. The van der Waals surface area contributed by atoms with Crippen molar-refractivity contribution in [2.75, 3.05) is 14.2 Å². The van der Waals surface area contributed by atoms with Crippen LogP contribution in [0.2, 0.25) is 0 Å². The van der Waals surface area contributed by atoms with Gasteiger partial charge in [0, 0.05) is 25.2 Å². The summed E-state index contributed by atoms with van der Waals surface area (Å²) in [6.45, 7) is -2.82. The lowest BCUT2D eigenvalue weighted by Gasteiger charge is -2.17. The van der Waals surface area contributed by atoms with Gasteiger partial charge in [0.1, 0.15) is 11.5 Å². The van der Waals surface area contributed by atoms with Crippen LogP contribution >= 0.6 is 0 Å². The Morgan fingerprint density at radius 1 is 1.17 bits per heavy atom. The zero-order valence-corrected chi connectivity index (χ0v) is 15.6. The number of alkyl halides is 2. The number of benzene rings is 2. The maximum absolute atomic E-state index is 13.4. The van der Waals surface area contributed by atoms with E-state index in [0.717, 1.165) is 0 Å². The minimum Gasteiger partial charge on any atom is -0.493 e. The molecular formula is C20H17F3N2O4. The summed E-state index contributed by atoms with van der Waals surface area (Å²) < 4.78 is 52.7. The lowest BCUT2D eigenvalue weighted by atomic mass is 10.1. The van der Waals surface area contributed by atoms with Gasteiger partial charge in [0.05, 0.1) is 7.11 Å². The minimum atomic E-state index is -2.97. The number of hydrogen-bond acceptors (Lipinski definition) is 5. The van der Waals surface area contributed by atoms with Gasteiger partial charge in [-0.1, -0.05) is 23.4 Å². The third-order valence-electron chi connectivity index (χ3n) is 4.05. The van der Waals surface area contributed by atoms with E-state index in [0.29, 0.717) is 16.8 Å². The lowest BCUT2D eigenvalue weighted by molar-refractivity contribution is -0.0512. The smallest absolute Gasteiger partial charge is 0.387 e. The summed E-state index contributed by atoms with van der Waals surface area (Å²) >= 11 is 0. The van der Waals surface area contributed by atoms with Crippen molar-refractivity contribution in [2.45, 2.75) is 13.2 Å². The Balaban J connectivity index is 1.72. The summed E-state index contributed by atoms with van der Waals surface area (Å²) in [7, 11) is 2.87. The molecule has 0 N–H and O–H groups in total. The largest absolute Gasteiger partial charge is 0.493 e. The van der Waals surface area contributed by atoms with Crippen molar-refractivity contribution in [1.82, 2.24) is 10.1 Å². The van der Waals surface area contributed by atoms with Crippen LogP contribution in [0.4, 0.5) is 13.2 Å². The highest BCUT2D eigenvalue weighted by atomic mass is 19.3. The van der Waals surface area contributed by atoms with Gasteiger partial charge in [0.15, 0.2) is 11.5 Å². The molecule has 1 aromatic heterocycles. The first-order valence-electron chi connectivity index (χ1n) is 8.47. The molecule has 9 heteroatoms. The van der Waals surface area contributed by atoms with Crippen molar-refractivity contribution in [3.63, 3.8) is 0 Å². The van der Waals surface area contributed by atoms with E-state index < -0.39 is 18.3 Å². The Morgan fingerprint density at radius 2 is 1.97 bits per heavy atom. The van der Waals surface area contributed by atoms with Crippen molar-refractivity contribution in [3.8, 4) is 22.8 Å². The summed E-state index contributed by atoms with van der Waals surface area (Å²) in [4.78, 5) is 13.9. The van der Waals surface area contributed by atoms with Gasteiger partial charge in [0.25, 0.3) is 5.91 Å². The van der Waals surface area contributed by atoms with Gasteiger partial charge >= 0.3 is 6.61 Å². The fourth-order valence-corrected chi connectivity index (χ4v) is 2.70. The van der Waals surface area contributed by atoms with Crippen LogP contribution in [0.5, 0.6) is 11.5 Å². The third-order valence-corrected chi connectivity index (χ3v) is 4.05. The van der Waals surface area contributed by atoms with Crippen LogP contribution in [0.3, 0.4) is 0 Å². The first-order valence-corrected chi connectivity index (χ1v) is 8.47. The summed E-state index contributed by atoms with van der Waals surface area (Å²) in [5, 5.41) is 3.81. The molecule has 0 saturated carbocycles. The van der Waals surface area contributed by atoms with E-state index in [1.54, 1.807) is 19.2 Å². The molecule has 0 spiro atoms. The van der Waals surface area contributed by atoms with E-state index in [2.05, 4.69) is 9.89 Å². The first-order chi connectivity index (χ1) is 13.9. The molecule has 29 heavy (non-hydrogen) atoms. The Kier molecular flexibility index (Phi) is 6.06. The number of hydrogen-bond donors (Lipinski definition) is 0. The highest BCUT2D eigenvalue weighted by Crippen LogP contribution is 2.30. The highest BCUT2D eigenvalue weighted by molar-refractivity contribution is 5.92. The molecule has 1 heterocycles. The third kappa shape index (κ3) is 4.87. The van der Waals surface area contributed by atoms with Gasteiger partial charge in [-0.3, -0.25) is 4.79 Å². The van der Waals surface area contributed by atoms with Crippen molar-refractivity contribution < 1.29 is 32.0 Å². The number of carbonyl (C=O) groups is 1. The minimum absolute atomic E-state index is 0.0172. The number of carbonyl (C=O) groups excluding carboxylic acids is 1. The zero-order valence-electron chi connectivity index (χ0n) is 15.6. The average molecular weight is 406 g/mol. The molecule has 0 unspecified atom stereocenters. The molecule has 3 aromatic rings. The molecule has 1 amide bonds. The quantitative estimate of drug-likeness (QED) is 0.583. The maximum Gasteiger partial charge on any atom is 0.387 e. The van der Waals surface area contributed by atoms with Crippen molar-refractivity contribution in [1.29, 1.82) is 0 Å². The predicted molar refractivity (Wildman–Crippen MR) is 97.3 cm³/mol.